The Morgan fingerprint density at radius 3 is 2.52 bits per heavy atom. The van der Waals surface area contributed by atoms with E-state index < -0.39 is 17.5 Å². The molecule has 0 aliphatic heterocycles. The number of nitrogens with zero attached hydrogens (tertiary/aromatic N) is 3. The molecule has 6 rings (SSSR count). The van der Waals surface area contributed by atoms with Gasteiger partial charge in [0, 0.05) is 45.6 Å². The van der Waals surface area contributed by atoms with Crippen LogP contribution in [0.1, 0.15) is 21.5 Å². The van der Waals surface area contributed by atoms with Crippen LogP contribution in [0.2, 0.25) is 5.02 Å². The molecule has 3 N–H and O–H groups in total. The van der Waals surface area contributed by atoms with Gasteiger partial charge in [0.05, 0.1) is 36.7 Å². The van der Waals surface area contributed by atoms with E-state index in [1.165, 1.54) is 30.6 Å². The van der Waals surface area contributed by atoms with Crippen molar-refractivity contribution in [3.8, 4) is 11.5 Å². The van der Waals surface area contributed by atoms with Crippen LogP contribution in [0.5, 0.6) is 11.5 Å². The fourth-order valence-corrected chi connectivity index (χ4v) is 5.33. The van der Waals surface area contributed by atoms with Crippen molar-refractivity contribution in [2.45, 2.75) is 13.5 Å². The van der Waals surface area contributed by atoms with Crippen LogP contribution in [0, 0.1) is 18.6 Å². The molecule has 0 aliphatic carbocycles. The summed E-state index contributed by atoms with van der Waals surface area (Å²) in [6.07, 6.45) is 2.86. The number of ether oxygens (including phenoxy) is 2. The molecule has 0 spiro atoms. The molecule has 46 heavy (non-hydrogen) atoms. The first-order valence-electron chi connectivity index (χ1n) is 14.1. The molecule has 1 amide bonds. The van der Waals surface area contributed by atoms with Crippen LogP contribution in [0.25, 0.3) is 21.7 Å². The third-order valence-electron chi connectivity index (χ3n) is 7.46. The van der Waals surface area contributed by atoms with Crippen molar-refractivity contribution in [1.29, 1.82) is 0 Å². The molecular formula is C34H27ClF2N6O3. The maximum Gasteiger partial charge on any atom is 0.258 e. The summed E-state index contributed by atoms with van der Waals surface area (Å²) in [7, 11) is 3.13. The molecule has 0 saturated heterocycles. The zero-order chi connectivity index (χ0) is 32.4. The molecule has 9 nitrogen and oxygen atoms in total. The predicted molar refractivity (Wildman–Crippen MR) is 175 cm³/mol. The quantitative estimate of drug-likeness (QED) is 0.146. The number of carbonyl (C=O) groups excluding carboxylic acids is 1. The monoisotopic (exact) mass is 640 g/mol. The Morgan fingerprint density at radius 2 is 1.72 bits per heavy atom. The SMILES string of the molecule is COc1ccc(CNc2ncnc3c(C(=O)Nc4c(C)ccc5c(Nc6cc(Cl)ccc6F)nccc45)cc(F)cc23)c(OC)c1. The zero-order valence-corrected chi connectivity index (χ0v) is 25.7. The van der Waals surface area contributed by atoms with Gasteiger partial charge in [-0.2, -0.15) is 0 Å². The minimum Gasteiger partial charge on any atom is -0.497 e. The van der Waals surface area contributed by atoms with Crippen LogP contribution in [-0.4, -0.2) is 35.1 Å². The van der Waals surface area contributed by atoms with Crippen molar-refractivity contribution < 1.29 is 23.0 Å². The first-order chi connectivity index (χ1) is 22.2. The molecule has 12 heteroatoms. The van der Waals surface area contributed by atoms with Gasteiger partial charge in [-0.25, -0.2) is 23.7 Å². The van der Waals surface area contributed by atoms with Crippen LogP contribution >= 0.6 is 11.6 Å². The third kappa shape index (κ3) is 6.04. The van der Waals surface area contributed by atoms with Crippen molar-refractivity contribution in [3.63, 3.8) is 0 Å². The van der Waals surface area contributed by atoms with Gasteiger partial charge in [0.2, 0.25) is 0 Å². The lowest BCUT2D eigenvalue weighted by atomic mass is 10.0. The van der Waals surface area contributed by atoms with Gasteiger partial charge < -0.3 is 25.4 Å². The van der Waals surface area contributed by atoms with Crippen molar-refractivity contribution in [2.24, 2.45) is 0 Å². The highest BCUT2D eigenvalue weighted by Gasteiger charge is 2.19. The highest BCUT2D eigenvalue weighted by Crippen LogP contribution is 2.34. The van der Waals surface area contributed by atoms with Gasteiger partial charge in [-0.15, -0.1) is 0 Å². The number of rotatable bonds is 9. The van der Waals surface area contributed by atoms with Crippen LogP contribution in [0.3, 0.4) is 0 Å². The molecule has 0 saturated carbocycles. The van der Waals surface area contributed by atoms with Crippen LogP contribution < -0.4 is 25.4 Å². The van der Waals surface area contributed by atoms with E-state index >= 15 is 4.39 Å². The summed E-state index contributed by atoms with van der Waals surface area (Å²) in [6, 6.07) is 17.4. The topological polar surface area (TPSA) is 110 Å². The van der Waals surface area contributed by atoms with Gasteiger partial charge in [0.15, 0.2) is 0 Å². The van der Waals surface area contributed by atoms with Gasteiger partial charge in [-0.3, -0.25) is 4.79 Å². The molecule has 232 valence electrons. The highest BCUT2D eigenvalue weighted by molar-refractivity contribution is 6.30. The molecule has 0 aliphatic rings. The van der Waals surface area contributed by atoms with E-state index in [-0.39, 0.29) is 16.8 Å². The molecular weight excluding hydrogens is 614 g/mol. The molecule has 0 bridgehead atoms. The average Bonchev–Trinajstić information content (AvgIpc) is 3.06. The molecule has 4 aromatic carbocycles. The van der Waals surface area contributed by atoms with E-state index in [2.05, 4.69) is 30.9 Å². The van der Waals surface area contributed by atoms with Crippen molar-refractivity contribution in [2.75, 3.05) is 30.2 Å². The number of anilines is 4. The summed E-state index contributed by atoms with van der Waals surface area (Å²) in [5.41, 5.74) is 2.48. The number of aryl methyl sites for hydroxylation is 1. The second-order valence-electron chi connectivity index (χ2n) is 10.3. The lowest BCUT2D eigenvalue weighted by molar-refractivity contribution is 0.102. The highest BCUT2D eigenvalue weighted by atomic mass is 35.5. The number of aromatic nitrogens is 3. The van der Waals surface area contributed by atoms with E-state index in [0.29, 0.717) is 56.5 Å². The minimum absolute atomic E-state index is 0.0206. The Balaban J connectivity index is 1.33. The fraction of sp³-hybridized carbons (Fsp3) is 0.118. The molecule has 6 aromatic rings. The second kappa shape index (κ2) is 12.8. The van der Waals surface area contributed by atoms with Gasteiger partial charge in [-0.05, 0) is 61.0 Å². The second-order valence-corrected chi connectivity index (χ2v) is 10.8. The molecule has 2 heterocycles. The lowest BCUT2D eigenvalue weighted by Gasteiger charge is -2.16. The first-order valence-corrected chi connectivity index (χ1v) is 14.4. The van der Waals surface area contributed by atoms with E-state index in [1.807, 2.05) is 19.1 Å². The van der Waals surface area contributed by atoms with Crippen molar-refractivity contribution in [3.05, 3.63) is 113 Å². The smallest absolute Gasteiger partial charge is 0.258 e. The predicted octanol–water partition coefficient (Wildman–Crippen LogP) is 8.04. The van der Waals surface area contributed by atoms with Crippen molar-refractivity contribution >= 4 is 62.2 Å². The van der Waals surface area contributed by atoms with Crippen LogP contribution in [0.4, 0.5) is 31.8 Å². The number of carbonyl (C=O) groups is 1. The molecule has 0 unspecified atom stereocenters. The molecule has 0 atom stereocenters. The number of methoxy groups -OCH3 is 2. The Morgan fingerprint density at radius 1 is 0.870 bits per heavy atom. The lowest BCUT2D eigenvalue weighted by Crippen LogP contribution is -2.15. The van der Waals surface area contributed by atoms with Gasteiger partial charge >= 0.3 is 0 Å². The van der Waals surface area contributed by atoms with E-state index in [0.717, 1.165) is 17.2 Å². The Hall–Kier alpha value is -5.55. The van der Waals surface area contributed by atoms with Crippen LogP contribution in [-0.2, 0) is 6.54 Å². The van der Waals surface area contributed by atoms with Crippen LogP contribution in [0.15, 0.2) is 79.3 Å². The Labute approximate surface area is 267 Å². The average molecular weight is 641 g/mol. The minimum atomic E-state index is -0.633. The third-order valence-corrected chi connectivity index (χ3v) is 7.70. The maximum absolute atomic E-state index is 15.0. The summed E-state index contributed by atoms with van der Waals surface area (Å²) >= 11 is 6.07. The number of halogens is 3. The number of hydrogen-bond donors (Lipinski definition) is 3. The summed E-state index contributed by atoms with van der Waals surface area (Å²) in [6.45, 7) is 2.14. The molecule has 0 radical (unpaired) electrons. The summed E-state index contributed by atoms with van der Waals surface area (Å²) in [5, 5.41) is 11.1. The fourth-order valence-electron chi connectivity index (χ4n) is 5.15. The zero-order valence-electron chi connectivity index (χ0n) is 24.9. The van der Waals surface area contributed by atoms with E-state index in [1.54, 1.807) is 44.7 Å². The molecule has 0 fully saturated rings. The van der Waals surface area contributed by atoms with Gasteiger partial charge in [-0.1, -0.05) is 23.7 Å². The normalized spacial score (nSPS) is 11.0. The summed E-state index contributed by atoms with van der Waals surface area (Å²) in [5.74, 6) is 0.246. The van der Waals surface area contributed by atoms with E-state index in [9.17, 15) is 9.18 Å². The molecule has 2 aromatic heterocycles. The number of nitrogens with one attached hydrogen (secondary N) is 3. The van der Waals surface area contributed by atoms with Crippen molar-refractivity contribution in [1.82, 2.24) is 15.0 Å². The van der Waals surface area contributed by atoms with E-state index in [4.69, 9.17) is 21.1 Å². The standard InChI is InChI=1S/C34H27ClF2N6O3/c1-18-4-8-24-23(10-11-38-33(24)42-28-12-20(35)6-9-27(28)37)30(18)43-34(44)26-14-21(36)13-25-31(26)40-17-41-32(25)39-16-19-5-7-22(45-2)15-29(19)46-3/h4-15,17H,16H2,1-3H3,(H,38,42)(H,43,44)(H,39,40,41). The largest absolute Gasteiger partial charge is 0.497 e. The van der Waals surface area contributed by atoms with Gasteiger partial charge in [0.25, 0.3) is 5.91 Å². The Kier molecular flexibility index (Phi) is 8.49. The maximum atomic E-state index is 15.0. The number of pyridine rings is 1. The number of fused-ring (bicyclic) bond motifs is 2. The Bertz CT molecular complexity index is 2130. The van der Waals surface area contributed by atoms with Gasteiger partial charge in [0.1, 0.15) is 41.1 Å². The number of benzene rings is 4. The summed E-state index contributed by atoms with van der Waals surface area (Å²) < 4.78 is 40.3. The summed E-state index contributed by atoms with van der Waals surface area (Å²) in [4.78, 5) is 26.8. The first kappa shape index (κ1) is 30.5. The number of amides is 1. The number of hydrogen-bond acceptors (Lipinski definition) is 8.